The normalized spacial score (nSPS) is 17.2. The number of anilines is 1. The Balaban J connectivity index is 2.05. The maximum Gasteiger partial charge on any atom is 0.126 e. The molecule has 88 valence electrons. The zero-order valence-electron chi connectivity index (χ0n) is 10.3. The van der Waals surface area contributed by atoms with Gasteiger partial charge in [0.1, 0.15) is 5.82 Å². The summed E-state index contributed by atoms with van der Waals surface area (Å²) in [5, 5.41) is 3.49. The number of rotatable bonds is 5. The Bertz CT molecular complexity index is 341. The minimum Gasteiger partial charge on any atom is -0.383 e. The van der Waals surface area contributed by atoms with Crippen LogP contribution in [0.25, 0.3) is 0 Å². The first-order valence-corrected chi connectivity index (χ1v) is 5.90. The van der Waals surface area contributed by atoms with Crippen LogP contribution in [0.2, 0.25) is 0 Å². The van der Waals surface area contributed by atoms with E-state index in [1.807, 2.05) is 6.92 Å². The van der Waals surface area contributed by atoms with Gasteiger partial charge in [-0.15, -0.1) is 0 Å². The first-order valence-electron chi connectivity index (χ1n) is 5.90. The van der Waals surface area contributed by atoms with Gasteiger partial charge in [0, 0.05) is 12.8 Å². The quantitative estimate of drug-likeness (QED) is 0.828. The van der Waals surface area contributed by atoms with Gasteiger partial charge < -0.3 is 10.1 Å². The summed E-state index contributed by atoms with van der Waals surface area (Å²) in [4.78, 5) is 4.50. The molecule has 0 aliphatic heterocycles. The molecule has 16 heavy (non-hydrogen) atoms. The third-order valence-electron chi connectivity index (χ3n) is 2.97. The van der Waals surface area contributed by atoms with E-state index in [1.165, 1.54) is 18.4 Å². The lowest BCUT2D eigenvalue weighted by atomic mass is 10.2. The number of pyridine rings is 1. The maximum atomic E-state index is 5.25. The van der Waals surface area contributed by atoms with E-state index in [2.05, 4.69) is 29.4 Å². The molecule has 1 aliphatic carbocycles. The zero-order valence-corrected chi connectivity index (χ0v) is 10.3. The highest BCUT2D eigenvalue weighted by Crippen LogP contribution is 2.34. The monoisotopic (exact) mass is 220 g/mol. The molecule has 1 aliphatic rings. The highest BCUT2D eigenvalue weighted by atomic mass is 16.5. The second-order valence-electron chi connectivity index (χ2n) is 4.71. The first kappa shape index (κ1) is 11.4. The molecule has 2 rings (SSSR count). The van der Waals surface area contributed by atoms with Crippen molar-refractivity contribution >= 4 is 5.82 Å². The minimum atomic E-state index is 0.415. The smallest absolute Gasteiger partial charge is 0.126 e. The SMILES string of the molecule is COCC(Nc1cc(C)cc(C)n1)C1CC1. The number of nitrogens with zero attached hydrogens (tertiary/aromatic N) is 1. The summed E-state index contributed by atoms with van der Waals surface area (Å²) < 4.78 is 5.25. The number of ether oxygens (including phenoxy) is 1. The van der Waals surface area contributed by atoms with Crippen LogP contribution in [0.15, 0.2) is 12.1 Å². The average Bonchev–Trinajstić information content (AvgIpc) is 2.98. The van der Waals surface area contributed by atoms with Gasteiger partial charge in [0.15, 0.2) is 0 Å². The Labute approximate surface area is 97.2 Å². The predicted octanol–water partition coefficient (Wildman–Crippen LogP) is 2.54. The van der Waals surface area contributed by atoms with Crippen LogP contribution in [0.1, 0.15) is 24.1 Å². The Morgan fingerprint density at radius 2 is 2.19 bits per heavy atom. The number of aromatic nitrogens is 1. The summed E-state index contributed by atoms with van der Waals surface area (Å²) in [6.45, 7) is 4.89. The van der Waals surface area contributed by atoms with Crippen LogP contribution in [0, 0.1) is 19.8 Å². The van der Waals surface area contributed by atoms with E-state index in [1.54, 1.807) is 7.11 Å². The number of aryl methyl sites for hydroxylation is 2. The van der Waals surface area contributed by atoms with Crippen molar-refractivity contribution in [1.82, 2.24) is 4.98 Å². The van der Waals surface area contributed by atoms with Gasteiger partial charge in [-0.25, -0.2) is 4.98 Å². The summed E-state index contributed by atoms with van der Waals surface area (Å²) in [6.07, 6.45) is 2.62. The molecule has 1 aromatic heterocycles. The molecule has 0 radical (unpaired) electrons. The molecule has 0 bridgehead atoms. The second-order valence-corrected chi connectivity index (χ2v) is 4.71. The van der Waals surface area contributed by atoms with Crippen LogP contribution >= 0.6 is 0 Å². The van der Waals surface area contributed by atoms with Gasteiger partial charge in [-0.3, -0.25) is 0 Å². The first-order chi connectivity index (χ1) is 7.69. The van der Waals surface area contributed by atoms with Crippen molar-refractivity contribution in [1.29, 1.82) is 0 Å². The molecule has 0 spiro atoms. The summed E-state index contributed by atoms with van der Waals surface area (Å²) in [5.74, 6) is 1.74. The third kappa shape index (κ3) is 2.95. The molecule has 1 heterocycles. The van der Waals surface area contributed by atoms with Crippen molar-refractivity contribution in [2.45, 2.75) is 32.7 Å². The van der Waals surface area contributed by atoms with E-state index in [-0.39, 0.29) is 0 Å². The van der Waals surface area contributed by atoms with Crippen molar-refractivity contribution in [3.63, 3.8) is 0 Å². The zero-order chi connectivity index (χ0) is 11.5. The molecule has 1 N–H and O–H groups in total. The molecule has 0 saturated heterocycles. The number of hydrogen-bond donors (Lipinski definition) is 1. The predicted molar refractivity (Wildman–Crippen MR) is 65.7 cm³/mol. The Morgan fingerprint density at radius 3 is 2.75 bits per heavy atom. The molecule has 1 aromatic rings. The highest BCUT2D eigenvalue weighted by molar-refractivity contribution is 5.40. The van der Waals surface area contributed by atoms with Crippen molar-refractivity contribution < 1.29 is 4.74 Å². The standard InChI is InChI=1S/C13H20N2O/c1-9-6-10(2)14-13(7-9)15-12(8-16-3)11-4-5-11/h6-7,11-12H,4-5,8H2,1-3H3,(H,14,15). The average molecular weight is 220 g/mol. The van der Waals surface area contributed by atoms with Crippen molar-refractivity contribution in [3.05, 3.63) is 23.4 Å². The van der Waals surface area contributed by atoms with Gasteiger partial charge in [0.25, 0.3) is 0 Å². The molecule has 1 saturated carbocycles. The van der Waals surface area contributed by atoms with Crippen LogP contribution in [0.5, 0.6) is 0 Å². The van der Waals surface area contributed by atoms with Crippen LogP contribution in [0.4, 0.5) is 5.82 Å². The number of nitrogens with one attached hydrogen (secondary N) is 1. The number of hydrogen-bond acceptors (Lipinski definition) is 3. The van der Waals surface area contributed by atoms with Gasteiger partial charge in [0.2, 0.25) is 0 Å². The molecule has 1 unspecified atom stereocenters. The fourth-order valence-electron chi connectivity index (χ4n) is 2.08. The summed E-state index contributed by atoms with van der Waals surface area (Å²) in [5.41, 5.74) is 2.32. The van der Waals surface area contributed by atoms with E-state index >= 15 is 0 Å². The largest absolute Gasteiger partial charge is 0.383 e. The fourth-order valence-corrected chi connectivity index (χ4v) is 2.08. The van der Waals surface area contributed by atoms with E-state index in [0.717, 1.165) is 24.0 Å². The van der Waals surface area contributed by atoms with Gasteiger partial charge in [-0.05, 0) is 50.3 Å². The molecule has 0 aromatic carbocycles. The van der Waals surface area contributed by atoms with Crippen LogP contribution in [0.3, 0.4) is 0 Å². The van der Waals surface area contributed by atoms with Gasteiger partial charge in [-0.2, -0.15) is 0 Å². The maximum absolute atomic E-state index is 5.25. The Kier molecular flexibility index (Phi) is 3.44. The van der Waals surface area contributed by atoms with E-state index in [9.17, 15) is 0 Å². The van der Waals surface area contributed by atoms with Gasteiger partial charge in [0.05, 0.1) is 12.6 Å². The highest BCUT2D eigenvalue weighted by Gasteiger charge is 2.31. The van der Waals surface area contributed by atoms with E-state index in [0.29, 0.717) is 6.04 Å². The van der Waals surface area contributed by atoms with Crippen molar-refractivity contribution in [2.75, 3.05) is 19.0 Å². The summed E-state index contributed by atoms with van der Waals surface area (Å²) >= 11 is 0. The lowest BCUT2D eigenvalue weighted by molar-refractivity contribution is 0.179. The van der Waals surface area contributed by atoms with E-state index in [4.69, 9.17) is 4.74 Å². The topological polar surface area (TPSA) is 34.1 Å². The van der Waals surface area contributed by atoms with Gasteiger partial charge >= 0.3 is 0 Å². The molecule has 3 nitrogen and oxygen atoms in total. The summed E-state index contributed by atoms with van der Waals surface area (Å²) in [7, 11) is 1.76. The number of methoxy groups -OCH3 is 1. The fraction of sp³-hybridized carbons (Fsp3) is 0.615. The minimum absolute atomic E-state index is 0.415. The van der Waals surface area contributed by atoms with Gasteiger partial charge in [-0.1, -0.05) is 0 Å². The second kappa shape index (κ2) is 4.83. The molecular weight excluding hydrogens is 200 g/mol. The summed E-state index contributed by atoms with van der Waals surface area (Å²) in [6, 6.07) is 4.60. The van der Waals surface area contributed by atoms with Crippen LogP contribution in [-0.2, 0) is 4.74 Å². The Hall–Kier alpha value is -1.09. The molecular formula is C13H20N2O. The van der Waals surface area contributed by atoms with E-state index < -0.39 is 0 Å². The molecule has 1 fully saturated rings. The van der Waals surface area contributed by atoms with Crippen molar-refractivity contribution in [2.24, 2.45) is 5.92 Å². The Morgan fingerprint density at radius 1 is 1.44 bits per heavy atom. The molecule has 3 heteroatoms. The van der Waals surface area contributed by atoms with Crippen molar-refractivity contribution in [3.8, 4) is 0 Å². The van der Waals surface area contributed by atoms with Crippen LogP contribution in [-0.4, -0.2) is 24.7 Å². The molecule has 1 atom stereocenters. The molecule has 0 amide bonds. The third-order valence-corrected chi connectivity index (χ3v) is 2.97. The van der Waals surface area contributed by atoms with Crippen LogP contribution < -0.4 is 5.32 Å². The lowest BCUT2D eigenvalue weighted by Gasteiger charge is -2.18. The lowest BCUT2D eigenvalue weighted by Crippen LogP contribution is -2.27.